The highest BCUT2D eigenvalue weighted by atomic mass is 16.6. The lowest BCUT2D eigenvalue weighted by Gasteiger charge is -2.35. The Hall–Kier alpha value is -3.84. The Bertz CT molecular complexity index is 1890. The molecular weight excluding hydrogens is 821 g/mol. The molecule has 1 aliphatic carbocycles. The Morgan fingerprint density at radius 3 is 1.37 bits per heavy atom. The van der Waals surface area contributed by atoms with Crippen molar-refractivity contribution >= 4 is 0 Å². The number of aliphatic hydroxyl groups is 2. The SMILES string of the molecule is CCCCCCCOc1ccc(C2(c3ccc(COCCOCCOCCO)c(COCCOCCOCCO)c3)c3cc(C)ccc3-c3ccc(C)cc32)cc1OCCCCCCC. The third-order valence-corrected chi connectivity index (χ3v) is 11.9. The monoisotopic (exact) mass is 899 g/mol. The average molecular weight is 899 g/mol. The number of hydrogen-bond acceptors (Lipinski definition) is 10. The van der Waals surface area contributed by atoms with Crippen molar-refractivity contribution < 1.29 is 48.1 Å². The minimum absolute atomic E-state index is 0.00393. The van der Waals surface area contributed by atoms with Crippen LogP contribution in [0.5, 0.6) is 11.5 Å². The van der Waals surface area contributed by atoms with Gasteiger partial charge in [-0.1, -0.05) is 137 Å². The van der Waals surface area contributed by atoms with Gasteiger partial charge < -0.3 is 48.1 Å². The van der Waals surface area contributed by atoms with Crippen LogP contribution in [0.15, 0.2) is 72.8 Å². The fourth-order valence-electron chi connectivity index (χ4n) is 8.60. The molecular formula is C55H78O10. The summed E-state index contributed by atoms with van der Waals surface area (Å²) >= 11 is 0. The van der Waals surface area contributed by atoms with E-state index in [1.165, 1.54) is 71.9 Å². The van der Waals surface area contributed by atoms with Gasteiger partial charge in [0.05, 0.1) is 111 Å². The van der Waals surface area contributed by atoms with Crippen molar-refractivity contribution in [3.05, 3.63) is 117 Å². The minimum atomic E-state index is -0.682. The summed E-state index contributed by atoms with van der Waals surface area (Å²) in [7, 11) is 0. The van der Waals surface area contributed by atoms with Crippen molar-refractivity contribution in [3.8, 4) is 22.6 Å². The number of ether oxygens (including phenoxy) is 8. The molecule has 0 spiro atoms. The lowest BCUT2D eigenvalue weighted by molar-refractivity contribution is 0.00160. The Morgan fingerprint density at radius 2 is 0.846 bits per heavy atom. The maximum absolute atomic E-state index is 9.01. The number of fused-ring (bicyclic) bond motifs is 3. The number of unbranched alkanes of at least 4 members (excludes halogenated alkanes) is 8. The number of hydrogen-bond donors (Lipinski definition) is 2. The molecule has 0 heterocycles. The minimum Gasteiger partial charge on any atom is -0.490 e. The van der Waals surface area contributed by atoms with Crippen LogP contribution in [-0.4, -0.2) is 103 Å². The number of aryl methyl sites for hydroxylation is 2. The first-order valence-corrected chi connectivity index (χ1v) is 24.4. The second-order valence-corrected chi connectivity index (χ2v) is 17.0. The fraction of sp³-hybridized carbons (Fsp3) is 0.564. The third-order valence-electron chi connectivity index (χ3n) is 11.9. The van der Waals surface area contributed by atoms with Gasteiger partial charge in [-0.3, -0.25) is 0 Å². The Balaban J connectivity index is 1.54. The Morgan fingerprint density at radius 1 is 0.400 bits per heavy atom. The maximum atomic E-state index is 9.01. The van der Waals surface area contributed by atoms with Crippen LogP contribution in [0.4, 0.5) is 0 Å². The van der Waals surface area contributed by atoms with Crippen molar-refractivity contribution in [2.24, 2.45) is 0 Å². The van der Waals surface area contributed by atoms with Gasteiger partial charge in [0.1, 0.15) is 0 Å². The largest absolute Gasteiger partial charge is 0.490 e. The molecule has 0 aromatic heterocycles. The van der Waals surface area contributed by atoms with Gasteiger partial charge >= 0.3 is 0 Å². The van der Waals surface area contributed by atoms with Crippen molar-refractivity contribution in [2.45, 2.75) is 111 Å². The lowest BCUT2D eigenvalue weighted by atomic mass is 9.67. The first kappa shape index (κ1) is 52.1. The van der Waals surface area contributed by atoms with Gasteiger partial charge in [-0.15, -0.1) is 0 Å². The molecule has 0 fully saturated rings. The zero-order valence-electron chi connectivity index (χ0n) is 40.0. The molecule has 0 saturated carbocycles. The quantitative estimate of drug-likeness (QED) is 0.0377. The normalized spacial score (nSPS) is 12.7. The van der Waals surface area contributed by atoms with E-state index in [0.717, 1.165) is 59.4 Å². The van der Waals surface area contributed by atoms with Crippen molar-refractivity contribution in [1.29, 1.82) is 0 Å². The van der Waals surface area contributed by atoms with E-state index < -0.39 is 5.41 Å². The first-order valence-electron chi connectivity index (χ1n) is 24.4. The molecule has 0 amide bonds. The second kappa shape index (κ2) is 29.7. The molecule has 10 heteroatoms. The van der Waals surface area contributed by atoms with Crippen LogP contribution in [0.2, 0.25) is 0 Å². The predicted molar refractivity (Wildman–Crippen MR) is 258 cm³/mol. The number of rotatable bonds is 36. The van der Waals surface area contributed by atoms with Crippen LogP contribution >= 0.6 is 0 Å². The van der Waals surface area contributed by atoms with Gasteiger partial charge in [-0.25, -0.2) is 0 Å². The predicted octanol–water partition coefficient (Wildman–Crippen LogP) is 10.4. The molecule has 10 nitrogen and oxygen atoms in total. The molecule has 358 valence electrons. The standard InChI is InChI=1S/C55H78O10/c1-5-7-9-11-13-25-64-53-22-19-48(40-54(53)65-26-14-12-10-8-6-2)55(51-37-43(3)15-20-49(51)50-21-16-44(4)38-52(50)55)47-18-17-45(41-62-35-33-60-31-29-58-27-23-56)46(39-47)42-63-36-34-61-32-30-59-28-24-57/h15-22,37-40,56-57H,5-14,23-36,41-42H2,1-4H3. The zero-order chi connectivity index (χ0) is 46.0. The summed E-state index contributed by atoms with van der Waals surface area (Å²) < 4.78 is 48.0. The van der Waals surface area contributed by atoms with Crippen LogP contribution in [0.3, 0.4) is 0 Å². The van der Waals surface area contributed by atoms with E-state index in [4.69, 9.17) is 48.1 Å². The molecule has 1 aliphatic rings. The van der Waals surface area contributed by atoms with E-state index in [1.807, 2.05) is 0 Å². The fourth-order valence-corrected chi connectivity index (χ4v) is 8.60. The number of benzene rings is 4. The second-order valence-electron chi connectivity index (χ2n) is 17.0. The van der Waals surface area contributed by atoms with Crippen LogP contribution < -0.4 is 9.47 Å². The van der Waals surface area contributed by atoms with Crippen LogP contribution in [-0.2, 0) is 47.0 Å². The van der Waals surface area contributed by atoms with E-state index >= 15 is 0 Å². The molecule has 0 radical (unpaired) electrons. The van der Waals surface area contributed by atoms with Gasteiger partial charge in [0.25, 0.3) is 0 Å². The molecule has 0 aliphatic heterocycles. The van der Waals surface area contributed by atoms with Crippen LogP contribution in [0.1, 0.15) is 123 Å². The molecule has 65 heavy (non-hydrogen) atoms. The van der Waals surface area contributed by atoms with Gasteiger partial charge in [0.15, 0.2) is 11.5 Å². The molecule has 2 N–H and O–H groups in total. The Labute approximate surface area is 389 Å². The zero-order valence-corrected chi connectivity index (χ0v) is 40.0. The summed E-state index contributed by atoms with van der Waals surface area (Å²) in [4.78, 5) is 0. The highest BCUT2D eigenvalue weighted by molar-refractivity contribution is 5.87. The summed E-state index contributed by atoms with van der Waals surface area (Å²) in [5.41, 5.74) is 11.0. The lowest BCUT2D eigenvalue weighted by Crippen LogP contribution is -2.29. The van der Waals surface area contributed by atoms with E-state index in [-0.39, 0.29) is 13.2 Å². The van der Waals surface area contributed by atoms with Gasteiger partial charge in [-0.2, -0.15) is 0 Å². The third kappa shape index (κ3) is 15.6. The molecule has 0 saturated heterocycles. The summed E-state index contributed by atoms with van der Waals surface area (Å²) in [5, 5.41) is 18.0. The molecule has 0 atom stereocenters. The van der Waals surface area contributed by atoms with E-state index in [9.17, 15) is 0 Å². The molecule has 5 rings (SSSR count). The highest BCUT2D eigenvalue weighted by Gasteiger charge is 2.47. The summed E-state index contributed by atoms with van der Waals surface area (Å²) in [6.45, 7) is 14.9. The van der Waals surface area contributed by atoms with Crippen molar-refractivity contribution in [3.63, 3.8) is 0 Å². The molecule has 4 aromatic carbocycles. The van der Waals surface area contributed by atoms with Crippen molar-refractivity contribution in [2.75, 3.05) is 92.5 Å². The number of aliphatic hydroxyl groups excluding tert-OH is 2. The maximum Gasteiger partial charge on any atom is 0.161 e. The van der Waals surface area contributed by atoms with Crippen LogP contribution in [0, 0.1) is 13.8 Å². The summed E-state index contributed by atoms with van der Waals surface area (Å²) in [6, 6.07) is 27.2. The average Bonchev–Trinajstić information content (AvgIpc) is 3.59. The van der Waals surface area contributed by atoms with Gasteiger partial charge in [0.2, 0.25) is 0 Å². The van der Waals surface area contributed by atoms with E-state index in [0.29, 0.717) is 92.5 Å². The summed E-state index contributed by atoms with van der Waals surface area (Å²) in [6.07, 6.45) is 11.7. The van der Waals surface area contributed by atoms with Gasteiger partial charge in [0, 0.05) is 0 Å². The van der Waals surface area contributed by atoms with Crippen LogP contribution in [0.25, 0.3) is 11.1 Å². The Kier molecular flexibility index (Phi) is 23.8. The molecule has 0 unspecified atom stereocenters. The smallest absolute Gasteiger partial charge is 0.161 e. The molecule has 4 aromatic rings. The topological polar surface area (TPSA) is 114 Å². The summed E-state index contributed by atoms with van der Waals surface area (Å²) in [5.74, 6) is 1.59. The van der Waals surface area contributed by atoms with E-state index in [2.05, 4.69) is 100 Å². The highest BCUT2D eigenvalue weighted by Crippen LogP contribution is 2.57. The van der Waals surface area contributed by atoms with E-state index in [1.54, 1.807) is 0 Å². The molecule has 0 bridgehead atoms. The first-order chi connectivity index (χ1) is 32.0. The van der Waals surface area contributed by atoms with Crippen molar-refractivity contribution in [1.82, 2.24) is 0 Å². The van der Waals surface area contributed by atoms with Gasteiger partial charge in [-0.05, 0) is 83.3 Å².